The molecular weight excluding hydrogens is 270 g/mol. The number of rotatable bonds is 2. The highest BCUT2D eigenvalue weighted by Gasteiger charge is 2.68. The van der Waals surface area contributed by atoms with Crippen LogP contribution in [0.3, 0.4) is 0 Å². The first-order valence-electron chi connectivity index (χ1n) is 2.96. The van der Waals surface area contributed by atoms with Crippen LogP contribution in [0.15, 0.2) is 0 Å². The van der Waals surface area contributed by atoms with Gasteiger partial charge in [-0.15, -0.1) is 26.3 Å². The SMILES string of the molecule is FC(F)(F)OC(F)(OC(F)(F)F)C(F)(F)F. The predicted molar refractivity (Wildman–Crippen MR) is 24.2 cm³/mol. The Labute approximate surface area is 79.7 Å². The molecule has 0 unspecified atom stereocenters. The highest BCUT2D eigenvalue weighted by atomic mass is 19.4. The lowest BCUT2D eigenvalue weighted by atomic mass is 10.6. The molecule has 0 N–H and O–H groups in total. The van der Waals surface area contributed by atoms with Gasteiger partial charge in [-0.25, -0.2) is 9.47 Å². The van der Waals surface area contributed by atoms with Gasteiger partial charge in [-0.05, 0) is 0 Å². The van der Waals surface area contributed by atoms with E-state index in [1.165, 1.54) is 0 Å². The lowest BCUT2D eigenvalue weighted by Crippen LogP contribution is -2.51. The zero-order valence-electron chi connectivity index (χ0n) is 6.60. The van der Waals surface area contributed by atoms with Crippen molar-refractivity contribution < 1.29 is 53.4 Å². The molecule has 0 saturated heterocycles. The Morgan fingerprint density at radius 2 is 0.750 bits per heavy atom. The minimum Gasteiger partial charge on any atom is -0.222 e. The first-order chi connectivity index (χ1) is 6.66. The molecule has 0 spiro atoms. The summed E-state index contributed by atoms with van der Waals surface area (Å²) in [6.07, 6.45) is -19.3. The van der Waals surface area contributed by atoms with Crippen LogP contribution in [0.25, 0.3) is 0 Å². The fraction of sp³-hybridized carbons (Fsp3) is 1.00. The van der Waals surface area contributed by atoms with Gasteiger partial charge in [-0.3, -0.25) is 0 Å². The van der Waals surface area contributed by atoms with Crippen LogP contribution in [0.2, 0.25) is 0 Å². The first-order valence-corrected chi connectivity index (χ1v) is 2.96. The molecule has 0 aromatic rings. The van der Waals surface area contributed by atoms with Gasteiger partial charge in [-0.2, -0.15) is 17.6 Å². The second kappa shape index (κ2) is 3.91. The lowest BCUT2D eigenvalue weighted by Gasteiger charge is -2.28. The summed E-state index contributed by atoms with van der Waals surface area (Å²) in [5.74, 6) is 0. The van der Waals surface area contributed by atoms with Crippen LogP contribution in [0.1, 0.15) is 0 Å². The van der Waals surface area contributed by atoms with Crippen molar-refractivity contribution in [3.63, 3.8) is 0 Å². The molecule has 0 aliphatic rings. The lowest BCUT2D eigenvalue weighted by molar-refractivity contribution is -0.563. The molecule has 0 aliphatic heterocycles. The zero-order valence-corrected chi connectivity index (χ0v) is 6.60. The molecule has 0 heterocycles. The highest BCUT2D eigenvalue weighted by Crippen LogP contribution is 2.43. The maximum atomic E-state index is 12.3. The van der Waals surface area contributed by atoms with E-state index in [2.05, 4.69) is 0 Å². The third-order valence-electron chi connectivity index (χ3n) is 0.833. The molecule has 0 bridgehead atoms. The molecule has 98 valence electrons. The maximum Gasteiger partial charge on any atom is 0.527 e. The molecular formula is C4F10O2. The van der Waals surface area contributed by atoms with E-state index in [0.717, 1.165) is 0 Å². The summed E-state index contributed by atoms with van der Waals surface area (Å²) in [5, 5.41) is 0. The number of halogens is 10. The van der Waals surface area contributed by atoms with Crippen molar-refractivity contribution in [2.75, 3.05) is 0 Å². The Hall–Kier alpha value is -0.780. The summed E-state index contributed by atoms with van der Waals surface area (Å²) in [6, 6.07) is -6.34. The fourth-order valence-electron chi connectivity index (χ4n) is 0.434. The Balaban J connectivity index is 5.07. The first kappa shape index (κ1) is 15.2. The quantitative estimate of drug-likeness (QED) is 0.566. The van der Waals surface area contributed by atoms with E-state index in [9.17, 15) is 43.9 Å². The molecule has 0 radical (unpaired) electrons. The molecule has 16 heavy (non-hydrogen) atoms. The average molecular weight is 270 g/mol. The summed E-state index contributed by atoms with van der Waals surface area (Å²) in [4.78, 5) is 0. The second-order valence-corrected chi connectivity index (χ2v) is 2.13. The van der Waals surface area contributed by atoms with E-state index in [0.29, 0.717) is 0 Å². The van der Waals surface area contributed by atoms with Crippen LogP contribution in [-0.2, 0) is 9.47 Å². The van der Waals surface area contributed by atoms with Crippen LogP contribution >= 0.6 is 0 Å². The Kier molecular flexibility index (Phi) is 3.72. The van der Waals surface area contributed by atoms with E-state index < -0.39 is 24.9 Å². The Morgan fingerprint density at radius 3 is 0.875 bits per heavy atom. The zero-order chi connectivity index (χ0) is 13.4. The molecule has 0 saturated carbocycles. The molecule has 0 rings (SSSR count). The van der Waals surface area contributed by atoms with Gasteiger partial charge in [0.05, 0.1) is 0 Å². The van der Waals surface area contributed by atoms with Gasteiger partial charge in [0.2, 0.25) is 0 Å². The standard InChI is InChI=1S/C4F10O2/c5-1(6,7)2(8,15-3(9,10)11)16-4(12,13)14. The number of hydrogen-bond donors (Lipinski definition) is 0. The molecule has 0 aromatic heterocycles. The topological polar surface area (TPSA) is 18.5 Å². The van der Waals surface area contributed by atoms with E-state index >= 15 is 0 Å². The van der Waals surface area contributed by atoms with E-state index in [-0.39, 0.29) is 0 Å². The van der Waals surface area contributed by atoms with Crippen LogP contribution in [0.4, 0.5) is 43.9 Å². The van der Waals surface area contributed by atoms with Crippen LogP contribution in [0.5, 0.6) is 0 Å². The van der Waals surface area contributed by atoms with Crippen molar-refractivity contribution in [1.82, 2.24) is 0 Å². The summed E-state index contributed by atoms with van der Waals surface area (Å²) in [7, 11) is 0. The van der Waals surface area contributed by atoms with Gasteiger partial charge in [0.25, 0.3) is 0 Å². The monoisotopic (exact) mass is 270 g/mol. The minimum absolute atomic E-state index is 1.63. The number of alkyl halides is 10. The van der Waals surface area contributed by atoms with Gasteiger partial charge < -0.3 is 0 Å². The molecule has 0 fully saturated rings. The van der Waals surface area contributed by atoms with Gasteiger partial charge in [0.15, 0.2) is 0 Å². The van der Waals surface area contributed by atoms with Gasteiger partial charge in [0, 0.05) is 0 Å². The molecule has 0 amide bonds. The number of hydrogen-bond acceptors (Lipinski definition) is 2. The summed E-state index contributed by atoms with van der Waals surface area (Å²) in [5.41, 5.74) is 0. The maximum absolute atomic E-state index is 12.3. The normalized spacial score (nSPS) is 15.4. The van der Waals surface area contributed by atoms with Gasteiger partial charge in [-0.1, -0.05) is 0 Å². The summed E-state index contributed by atoms with van der Waals surface area (Å²) < 4.78 is 118. The molecule has 0 aromatic carbocycles. The molecule has 2 nitrogen and oxygen atoms in total. The average Bonchev–Trinajstić information content (AvgIpc) is 1.72. The highest BCUT2D eigenvalue weighted by molar-refractivity contribution is 4.68. The predicted octanol–water partition coefficient (Wildman–Crippen LogP) is 3.24. The number of ether oxygens (including phenoxy) is 2. The van der Waals surface area contributed by atoms with Gasteiger partial charge in [0.1, 0.15) is 0 Å². The van der Waals surface area contributed by atoms with Crippen LogP contribution in [-0.4, -0.2) is 24.9 Å². The third-order valence-corrected chi connectivity index (χ3v) is 0.833. The van der Waals surface area contributed by atoms with Crippen molar-refractivity contribution in [2.24, 2.45) is 0 Å². The van der Waals surface area contributed by atoms with Crippen molar-refractivity contribution >= 4 is 0 Å². The van der Waals surface area contributed by atoms with E-state index in [1.54, 1.807) is 9.47 Å². The Bertz CT molecular complexity index is 219. The van der Waals surface area contributed by atoms with Crippen molar-refractivity contribution in [3.8, 4) is 0 Å². The second-order valence-electron chi connectivity index (χ2n) is 2.13. The van der Waals surface area contributed by atoms with Crippen molar-refractivity contribution in [3.05, 3.63) is 0 Å². The smallest absolute Gasteiger partial charge is 0.222 e. The van der Waals surface area contributed by atoms with Crippen molar-refractivity contribution in [1.29, 1.82) is 0 Å². The van der Waals surface area contributed by atoms with E-state index in [1.807, 2.05) is 0 Å². The largest absolute Gasteiger partial charge is 0.527 e. The molecule has 0 atom stereocenters. The Morgan fingerprint density at radius 1 is 0.500 bits per heavy atom. The summed E-state index contributed by atoms with van der Waals surface area (Å²) in [6.45, 7) is 0. The minimum atomic E-state index is -6.68. The third kappa shape index (κ3) is 4.83. The van der Waals surface area contributed by atoms with Crippen molar-refractivity contribution in [2.45, 2.75) is 24.9 Å². The van der Waals surface area contributed by atoms with E-state index in [4.69, 9.17) is 0 Å². The summed E-state index contributed by atoms with van der Waals surface area (Å²) >= 11 is 0. The van der Waals surface area contributed by atoms with Crippen LogP contribution in [0, 0.1) is 0 Å². The van der Waals surface area contributed by atoms with Crippen LogP contribution < -0.4 is 0 Å². The van der Waals surface area contributed by atoms with Gasteiger partial charge >= 0.3 is 24.9 Å². The molecule has 12 heteroatoms. The molecule has 0 aliphatic carbocycles. The fourth-order valence-corrected chi connectivity index (χ4v) is 0.434.